The average Bonchev–Trinajstić information content (AvgIpc) is 3.18. The Hall–Kier alpha value is -2.53. The number of rotatable bonds is 5. The van der Waals surface area contributed by atoms with E-state index in [1.807, 2.05) is 16.8 Å². The van der Waals surface area contributed by atoms with Crippen molar-refractivity contribution in [3.63, 3.8) is 0 Å². The molecule has 1 saturated heterocycles. The SMILES string of the molecule is CC(c1ccc(N2C[C@H]3C[C@H]3C2)cc1)n1ncc2c(Cl)ccc(C(=O)NC3CC4(CCC4)C3)c21. The Bertz CT molecular complexity index is 1260. The van der Waals surface area contributed by atoms with Crippen LogP contribution in [0.25, 0.3) is 10.9 Å². The second-order valence-electron chi connectivity index (χ2n) is 11.3. The molecule has 1 aromatic heterocycles. The summed E-state index contributed by atoms with van der Waals surface area (Å²) in [4.78, 5) is 15.8. The first kappa shape index (κ1) is 20.8. The van der Waals surface area contributed by atoms with Gasteiger partial charge in [-0.05, 0) is 86.1 Å². The van der Waals surface area contributed by atoms with Crippen molar-refractivity contribution in [3.8, 4) is 0 Å². The van der Waals surface area contributed by atoms with Gasteiger partial charge in [-0.2, -0.15) is 5.10 Å². The van der Waals surface area contributed by atoms with E-state index in [1.54, 1.807) is 6.20 Å². The van der Waals surface area contributed by atoms with Gasteiger partial charge in [-0.25, -0.2) is 0 Å². The standard InChI is InChI=1S/C28H31ClN4O/c1-17(18-3-5-22(6-4-18)32-15-19-11-20(19)16-32)33-26-23(7-8-25(29)24(26)14-30-33)27(34)31-21-12-28(13-21)9-2-10-28/h3-8,14,17,19-21H,2,9-13,15-16H2,1H3,(H,31,34)/t17?,19-,20+. The molecule has 1 amide bonds. The quantitative estimate of drug-likeness (QED) is 0.507. The Morgan fingerprint density at radius 1 is 1.12 bits per heavy atom. The van der Waals surface area contributed by atoms with Crippen molar-refractivity contribution in [2.24, 2.45) is 17.3 Å². The molecule has 3 aromatic rings. The minimum Gasteiger partial charge on any atom is -0.371 e. The molecule has 4 fully saturated rings. The van der Waals surface area contributed by atoms with Crippen LogP contribution in [0.2, 0.25) is 5.02 Å². The van der Waals surface area contributed by atoms with Crippen LogP contribution in [0.1, 0.15) is 67.4 Å². The van der Waals surface area contributed by atoms with Crippen LogP contribution in [0.5, 0.6) is 0 Å². The van der Waals surface area contributed by atoms with Crippen molar-refractivity contribution in [1.29, 1.82) is 0 Å². The molecule has 3 atom stereocenters. The number of benzene rings is 2. The zero-order valence-electron chi connectivity index (χ0n) is 19.6. The first-order valence-electron chi connectivity index (χ1n) is 12.8. The van der Waals surface area contributed by atoms with Crippen molar-refractivity contribution in [1.82, 2.24) is 15.1 Å². The molecule has 4 aliphatic rings. The first-order chi connectivity index (χ1) is 16.5. The van der Waals surface area contributed by atoms with Crippen LogP contribution >= 0.6 is 11.6 Å². The summed E-state index contributed by atoms with van der Waals surface area (Å²) < 4.78 is 1.96. The predicted octanol–water partition coefficient (Wildman–Crippen LogP) is 5.82. The highest BCUT2D eigenvalue weighted by Gasteiger charge is 2.48. The van der Waals surface area contributed by atoms with Gasteiger partial charge in [0.15, 0.2) is 0 Å². The zero-order valence-corrected chi connectivity index (χ0v) is 20.4. The lowest BCUT2D eigenvalue weighted by molar-refractivity contribution is -0.000604. The molecule has 3 saturated carbocycles. The van der Waals surface area contributed by atoms with Gasteiger partial charge in [0.1, 0.15) is 0 Å². The summed E-state index contributed by atoms with van der Waals surface area (Å²) in [5.74, 6) is 1.82. The summed E-state index contributed by atoms with van der Waals surface area (Å²) in [7, 11) is 0. The van der Waals surface area contributed by atoms with Crippen LogP contribution in [-0.2, 0) is 0 Å². The number of hydrogen-bond donors (Lipinski definition) is 1. The fourth-order valence-electron chi connectivity index (χ4n) is 6.76. The van der Waals surface area contributed by atoms with Crippen molar-refractivity contribution in [2.75, 3.05) is 18.0 Å². The molecule has 7 rings (SSSR count). The van der Waals surface area contributed by atoms with E-state index in [0.29, 0.717) is 16.0 Å². The molecule has 34 heavy (non-hydrogen) atoms. The Labute approximate surface area is 205 Å². The van der Waals surface area contributed by atoms with Crippen LogP contribution in [0.15, 0.2) is 42.6 Å². The van der Waals surface area contributed by atoms with E-state index in [-0.39, 0.29) is 18.0 Å². The van der Waals surface area contributed by atoms with Crippen molar-refractivity contribution in [3.05, 3.63) is 58.7 Å². The average molecular weight is 475 g/mol. The minimum absolute atomic E-state index is 0.00880. The summed E-state index contributed by atoms with van der Waals surface area (Å²) in [6, 6.07) is 12.8. The third-order valence-electron chi connectivity index (χ3n) is 9.14. The molecular weight excluding hydrogens is 444 g/mol. The van der Waals surface area contributed by atoms with E-state index < -0.39 is 0 Å². The van der Waals surface area contributed by atoms with Gasteiger partial charge in [0.2, 0.25) is 0 Å². The molecule has 1 unspecified atom stereocenters. The molecule has 0 radical (unpaired) electrons. The molecule has 1 N–H and O–H groups in total. The van der Waals surface area contributed by atoms with Crippen LogP contribution in [0.4, 0.5) is 5.69 Å². The maximum atomic E-state index is 13.3. The van der Waals surface area contributed by atoms with E-state index in [4.69, 9.17) is 16.7 Å². The van der Waals surface area contributed by atoms with Gasteiger partial charge < -0.3 is 10.2 Å². The van der Waals surface area contributed by atoms with Crippen molar-refractivity contribution < 1.29 is 4.79 Å². The smallest absolute Gasteiger partial charge is 0.253 e. The highest BCUT2D eigenvalue weighted by molar-refractivity contribution is 6.36. The van der Waals surface area contributed by atoms with Gasteiger partial charge in [0.05, 0.1) is 28.3 Å². The molecule has 3 aliphatic carbocycles. The van der Waals surface area contributed by atoms with Gasteiger partial charge in [0.25, 0.3) is 5.91 Å². The molecular formula is C28H31ClN4O. The molecule has 1 spiro atoms. The number of hydrogen-bond acceptors (Lipinski definition) is 3. The van der Waals surface area contributed by atoms with E-state index >= 15 is 0 Å². The number of anilines is 1. The summed E-state index contributed by atoms with van der Waals surface area (Å²) in [5.41, 5.74) is 4.49. The Balaban J connectivity index is 1.15. The van der Waals surface area contributed by atoms with Crippen LogP contribution in [-0.4, -0.2) is 34.8 Å². The number of amides is 1. The molecule has 176 valence electrons. The number of nitrogens with one attached hydrogen (secondary N) is 1. The Kier molecular flexibility index (Phi) is 4.58. The topological polar surface area (TPSA) is 50.2 Å². The lowest BCUT2D eigenvalue weighted by Gasteiger charge is -2.54. The third kappa shape index (κ3) is 3.27. The zero-order chi connectivity index (χ0) is 23.0. The molecule has 1 aliphatic heterocycles. The number of nitrogens with zero attached hydrogens (tertiary/aromatic N) is 3. The molecule has 0 bridgehead atoms. The third-order valence-corrected chi connectivity index (χ3v) is 9.47. The number of halogens is 1. The van der Waals surface area contributed by atoms with Gasteiger partial charge in [-0.1, -0.05) is 30.2 Å². The molecule has 5 nitrogen and oxygen atoms in total. The fraction of sp³-hybridized carbons (Fsp3) is 0.500. The second kappa shape index (κ2) is 7.48. The maximum Gasteiger partial charge on any atom is 0.253 e. The maximum absolute atomic E-state index is 13.3. The summed E-state index contributed by atoms with van der Waals surface area (Å²) in [6.45, 7) is 4.53. The highest BCUT2D eigenvalue weighted by atomic mass is 35.5. The van der Waals surface area contributed by atoms with Gasteiger partial charge in [-0.3, -0.25) is 9.48 Å². The van der Waals surface area contributed by atoms with Crippen LogP contribution < -0.4 is 10.2 Å². The number of carbonyl (C=O) groups is 1. The van der Waals surface area contributed by atoms with Gasteiger partial charge in [0, 0.05) is 30.2 Å². The molecule has 6 heteroatoms. The summed E-state index contributed by atoms with van der Waals surface area (Å²) in [6.07, 6.45) is 9.45. The van der Waals surface area contributed by atoms with E-state index in [2.05, 4.69) is 41.4 Å². The monoisotopic (exact) mass is 474 g/mol. The van der Waals surface area contributed by atoms with Crippen LogP contribution in [0.3, 0.4) is 0 Å². The second-order valence-corrected chi connectivity index (χ2v) is 11.7. The molecule has 2 aromatic carbocycles. The first-order valence-corrected chi connectivity index (χ1v) is 13.2. The van der Waals surface area contributed by atoms with E-state index in [0.717, 1.165) is 35.6 Å². The number of piperidine rings is 1. The summed E-state index contributed by atoms with van der Waals surface area (Å²) in [5, 5.41) is 9.43. The number of aromatic nitrogens is 2. The lowest BCUT2D eigenvalue weighted by atomic mass is 9.54. The fourth-order valence-corrected chi connectivity index (χ4v) is 6.96. The highest BCUT2D eigenvalue weighted by Crippen LogP contribution is 2.55. The Morgan fingerprint density at radius 2 is 1.85 bits per heavy atom. The molecule has 2 heterocycles. The van der Waals surface area contributed by atoms with Crippen molar-refractivity contribution in [2.45, 2.75) is 57.5 Å². The number of carbonyl (C=O) groups excluding carboxylic acids is 1. The summed E-state index contributed by atoms with van der Waals surface area (Å²) >= 11 is 6.52. The predicted molar refractivity (Wildman–Crippen MR) is 136 cm³/mol. The van der Waals surface area contributed by atoms with Crippen molar-refractivity contribution >= 4 is 34.1 Å². The largest absolute Gasteiger partial charge is 0.371 e. The van der Waals surface area contributed by atoms with Gasteiger partial charge in [-0.15, -0.1) is 0 Å². The van der Waals surface area contributed by atoms with E-state index in [9.17, 15) is 4.79 Å². The van der Waals surface area contributed by atoms with Gasteiger partial charge >= 0.3 is 0 Å². The van der Waals surface area contributed by atoms with E-state index in [1.165, 1.54) is 50.0 Å². The number of fused-ring (bicyclic) bond motifs is 2. The Morgan fingerprint density at radius 3 is 2.53 bits per heavy atom. The minimum atomic E-state index is -0.0160. The normalized spacial score (nSPS) is 25.6. The van der Waals surface area contributed by atoms with Crippen LogP contribution in [0, 0.1) is 17.3 Å². The lowest BCUT2D eigenvalue weighted by Crippen LogP contribution is -2.53.